The quantitative estimate of drug-likeness (QED) is 0.910. The fraction of sp³-hybridized carbons (Fsp3) is 0.357. The van der Waals surface area contributed by atoms with Gasteiger partial charge in [-0.2, -0.15) is 0 Å². The van der Waals surface area contributed by atoms with Gasteiger partial charge in [0.15, 0.2) is 0 Å². The van der Waals surface area contributed by atoms with E-state index >= 15 is 0 Å². The third kappa shape index (κ3) is 3.31. The Morgan fingerprint density at radius 2 is 2.00 bits per heavy atom. The van der Waals surface area contributed by atoms with Crippen LogP contribution in [-0.2, 0) is 4.79 Å². The van der Waals surface area contributed by atoms with Crippen LogP contribution in [0.3, 0.4) is 0 Å². The standard InChI is InChI=1S/C14H17N3O4/c1-8(2)12(18)15-14-17-16-13(21-14)10-6-5-9(19-3)7-11(10)20-4/h5-8H,1-4H3,(H,15,17,18). The second-order valence-electron chi connectivity index (χ2n) is 4.62. The predicted octanol–water partition coefficient (Wildman–Crippen LogP) is 2.35. The predicted molar refractivity (Wildman–Crippen MR) is 76.3 cm³/mol. The molecule has 2 aromatic rings. The van der Waals surface area contributed by atoms with Gasteiger partial charge in [0.2, 0.25) is 5.91 Å². The normalized spacial score (nSPS) is 10.5. The van der Waals surface area contributed by atoms with Gasteiger partial charge in [0, 0.05) is 12.0 Å². The van der Waals surface area contributed by atoms with E-state index in [4.69, 9.17) is 13.9 Å². The summed E-state index contributed by atoms with van der Waals surface area (Å²) < 4.78 is 15.8. The summed E-state index contributed by atoms with van der Waals surface area (Å²) in [6, 6.07) is 5.28. The molecule has 112 valence electrons. The van der Waals surface area contributed by atoms with Crippen LogP contribution in [-0.4, -0.2) is 30.3 Å². The van der Waals surface area contributed by atoms with E-state index in [-0.39, 0.29) is 23.7 Å². The van der Waals surface area contributed by atoms with Crippen molar-refractivity contribution in [1.29, 1.82) is 0 Å². The molecule has 7 heteroatoms. The van der Waals surface area contributed by atoms with E-state index in [0.29, 0.717) is 17.1 Å². The van der Waals surface area contributed by atoms with Gasteiger partial charge in [-0.3, -0.25) is 10.1 Å². The van der Waals surface area contributed by atoms with Crippen molar-refractivity contribution in [2.24, 2.45) is 5.92 Å². The van der Waals surface area contributed by atoms with Crippen LogP contribution in [0.1, 0.15) is 13.8 Å². The van der Waals surface area contributed by atoms with E-state index in [2.05, 4.69) is 15.5 Å². The number of methoxy groups -OCH3 is 2. The molecule has 0 atom stereocenters. The third-order valence-electron chi connectivity index (χ3n) is 2.82. The first-order chi connectivity index (χ1) is 10.0. The van der Waals surface area contributed by atoms with E-state index in [1.54, 1.807) is 39.2 Å². The molecule has 1 heterocycles. The SMILES string of the molecule is COc1ccc(-c2nnc(NC(=O)C(C)C)o2)c(OC)c1. The summed E-state index contributed by atoms with van der Waals surface area (Å²) in [5.41, 5.74) is 0.621. The molecule has 0 fully saturated rings. The fourth-order valence-electron chi connectivity index (χ4n) is 1.61. The number of nitrogens with one attached hydrogen (secondary N) is 1. The van der Waals surface area contributed by atoms with Crippen LogP contribution in [0.15, 0.2) is 22.6 Å². The Balaban J connectivity index is 2.27. The minimum atomic E-state index is -0.188. The van der Waals surface area contributed by atoms with Crippen molar-refractivity contribution < 1.29 is 18.7 Å². The minimum Gasteiger partial charge on any atom is -0.497 e. The molecule has 1 amide bonds. The average Bonchev–Trinajstić information content (AvgIpc) is 2.94. The molecular weight excluding hydrogens is 274 g/mol. The van der Waals surface area contributed by atoms with Crippen LogP contribution in [0.4, 0.5) is 6.01 Å². The third-order valence-corrected chi connectivity index (χ3v) is 2.82. The Hall–Kier alpha value is -2.57. The van der Waals surface area contributed by atoms with Crippen molar-refractivity contribution in [3.05, 3.63) is 18.2 Å². The molecule has 0 aliphatic heterocycles. The van der Waals surface area contributed by atoms with Gasteiger partial charge in [-0.15, -0.1) is 5.10 Å². The lowest BCUT2D eigenvalue weighted by molar-refractivity contribution is -0.119. The van der Waals surface area contributed by atoms with Crippen molar-refractivity contribution in [1.82, 2.24) is 10.2 Å². The Bertz CT molecular complexity index is 637. The summed E-state index contributed by atoms with van der Waals surface area (Å²) in [5.74, 6) is 1.10. The number of hydrogen-bond acceptors (Lipinski definition) is 6. The molecular formula is C14H17N3O4. The number of amides is 1. The number of carbonyl (C=O) groups excluding carboxylic acids is 1. The summed E-state index contributed by atoms with van der Waals surface area (Å²) in [6.07, 6.45) is 0. The maximum Gasteiger partial charge on any atom is 0.322 e. The van der Waals surface area contributed by atoms with Gasteiger partial charge in [0.25, 0.3) is 5.89 Å². The number of nitrogens with zero attached hydrogens (tertiary/aromatic N) is 2. The van der Waals surface area contributed by atoms with Crippen molar-refractivity contribution >= 4 is 11.9 Å². The van der Waals surface area contributed by atoms with Gasteiger partial charge in [0.05, 0.1) is 19.8 Å². The molecule has 1 aromatic heterocycles. The van der Waals surface area contributed by atoms with Gasteiger partial charge >= 0.3 is 6.01 Å². The van der Waals surface area contributed by atoms with Gasteiger partial charge in [0.1, 0.15) is 11.5 Å². The van der Waals surface area contributed by atoms with Crippen LogP contribution < -0.4 is 14.8 Å². The molecule has 0 unspecified atom stereocenters. The number of rotatable bonds is 5. The maximum atomic E-state index is 11.6. The first-order valence-corrected chi connectivity index (χ1v) is 6.42. The molecule has 0 radical (unpaired) electrons. The van der Waals surface area contributed by atoms with Crippen molar-refractivity contribution in [2.45, 2.75) is 13.8 Å². The number of hydrogen-bond donors (Lipinski definition) is 1. The zero-order valence-corrected chi connectivity index (χ0v) is 12.3. The second kappa shape index (κ2) is 6.25. The first kappa shape index (κ1) is 14.8. The topological polar surface area (TPSA) is 86.5 Å². The molecule has 0 aliphatic rings. The number of anilines is 1. The van der Waals surface area contributed by atoms with E-state index < -0.39 is 0 Å². The highest BCUT2D eigenvalue weighted by Crippen LogP contribution is 2.33. The van der Waals surface area contributed by atoms with Gasteiger partial charge in [-0.1, -0.05) is 18.9 Å². The van der Waals surface area contributed by atoms with Crippen LogP contribution in [0, 0.1) is 5.92 Å². The van der Waals surface area contributed by atoms with E-state index in [1.165, 1.54) is 7.11 Å². The molecule has 2 rings (SSSR count). The molecule has 1 aromatic carbocycles. The van der Waals surface area contributed by atoms with Crippen molar-refractivity contribution in [3.63, 3.8) is 0 Å². The van der Waals surface area contributed by atoms with E-state index in [1.807, 2.05) is 0 Å². The van der Waals surface area contributed by atoms with Gasteiger partial charge < -0.3 is 13.9 Å². The summed E-state index contributed by atoms with van der Waals surface area (Å²) in [4.78, 5) is 11.6. The van der Waals surface area contributed by atoms with E-state index in [0.717, 1.165) is 0 Å². The summed E-state index contributed by atoms with van der Waals surface area (Å²) in [6.45, 7) is 3.55. The Morgan fingerprint density at radius 1 is 1.24 bits per heavy atom. The second-order valence-corrected chi connectivity index (χ2v) is 4.62. The lowest BCUT2D eigenvalue weighted by Gasteiger charge is -2.07. The van der Waals surface area contributed by atoms with Crippen LogP contribution in [0.5, 0.6) is 11.5 Å². The Morgan fingerprint density at radius 3 is 2.62 bits per heavy atom. The number of ether oxygens (including phenoxy) is 2. The van der Waals surface area contributed by atoms with Crippen LogP contribution in [0.2, 0.25) is 0 Å². The van der Waals surface area contributed by atoms with Crippen molar-refractivity contribution in [2.75, 3.05) is 19.5 Å². The number of carbonyl (C=O) groups is 1. The molecule has 0 saturated carbocycles. The molecule has 7 nitrogen and oxygen atoms in total. The highest BCUT2D eigenvalue weighted by atomic mass is 16.5. The van der Waals surface area contributed by atoms with Crippen LogP contribution >= 0.6 is 0 Å². The molecule has 0 aliphatic carbocycles. The molecule has 0 bridgehead atoms. The highest BCUT2D eigenvalue weighted by molar-refractivity contribution is 5.90. The number of benzene rings is 1. The Labute approximate surface area is 122 Å². The fourth-order valence-corrected chi connectivity index (χ4v) is 1.61. The highest BCUT2D eigenvalue weighted by Gasteiger charge is 2.16. The van der Waals surface area contributed by atoms with E-state index in [9.17, 15) is 4.79 Å². The average molecular weight is 291 g/mol. The smallest absolute Gasteiger partial charge is 0.322 e. The Kier molecular flexibility index (Phi) is 4.42. The zero-order valence-electron chi connectivity index (χ0n) is 12.3. The molecule has 0 saturated heterocycles. The minimum absolute atomic E-state index is 0.0570. The lowest BCUT2D eigenvalue weighted by atomic mass is 10.2. The van der Waals surface area contributed by atoms with Gasteiger partial charge in [-0.25, -0.2) is 0 Å². The maximum absolute atomic E-state index is 11.6. The monoisotopic (exact) mass is 291 g/mol. The summed E-state index contributed by atoms with van der Waals surface area (Å²) in [7, 11) is 3.11. The van der Waals surface area contributed by atoms with Crippen molar-refractivity contribution in [3.8, 4) is 23.0 Å². The largest absolute Gasteiger partial charge is 0.497 e. The number of aromatic nitrogens is 2. The van der Waals surface area contributed by atoms with Gasteiger partial charge in [-0.05, 0) is 12.1 Å². The zero-order chi connectivity index (χ0) is 15.4. The lowest BCUT2D eigenvalue weighted by Crippen LogP contribution is -2.17. The molecule has 0 spiro atoms. The molecule has 1 N–H and O–H groups in total. The molecule has 21 heavy (non-hydrogen) atoms. The summed E-state index contributed by atoms with van der Waals surface area (Å²) in [5, 5.41) is 10.3. The summed E-state index contributed by atoms with van der Waals surface area (Å²) >= 11 is 0. The first-order valence-electron chi connectivity index (χ1n) is 6.42. The van der Waals surface area contributed by atoms with Crippen LogP contribution in [0.25, 0.3) is 11.5 Å².